The Bertz CT molecular complexity index is 1000. The van der Waals surface area contributed by atoms with Crippen LogP contribution in [0, 0.1) is 11.8 Å². The Hall–Kier alpha value is -2.43. The summed E-state index contributed by atoms with van der Waals surface area (Å²) in [4.78, 5) is 44.1. The van der Waals surface area contributed by atoms with Gasteiger partial charge in [0.05, 0.1) is 31.7 Å². The zero-order chi connectivity index (χ0) is 26.0. The minimum atomic E-state index is -1.16. The van der Waals surface area contributed by atoms with E-state index in [1.165, 1.54) is 0 Å². The van der Waals surface area contributed by atoms with Gasteiger partial charge in [0.1, 0.15) is 17.4 Å². The fourth-order valence-corrected chi connectivity index (χ4v) is 6.86. The molecule has 0 aromatic heterocycles. The summed E-state index contributed by atoms with van der Waals surface area (Å²) in [5.41, 5.74) is -0.525. The highest BCUT2D eigenvalue weighted by Crippen LogP contribution is 2.60. The number of esters is 1. The van der Waals surface area contributed by atoms with Crippen LogP contribution in [0.3, 0.4) is 0 Å². The van der Waals surface area contributed by atoms with Crippen molar-refractivity contribution in [2.45, 2.75) is 48.8 Å². The van der Waals surface area contributed by atoms with Gasteiger partial charge >= 0.3 is 5.97 Å². The van der Waals surface area contributed by atoms with Crippen LogP contribution in [-0.2, 0) is 23.9 Å². The highest BCUT2D eigenvalue weighted by molar-refractivity contribution is 9.09. The third-order valence-electron chi connectivity index (χ3n) is 7.35. The fraction of sp³-hybridized carbons (Fsp3) is 0.577. The van der Waals surface area contributed by atoms with E-state index in [-0.39, 0.29) is 42.9 Å². The van der Waals surface area contributed by atoms with Crippen LogP contribution in [0.4, 0.5) is 5.69 Å². The molecule has 9 nitrogen and oxygen atoms in total. The maximum atomic E-state index is 14.3. The third-order valence-corrected chi connectivity index (χ3v) is 8.20. The van der Waals surface area contributed by atoms with Gasteiger partial charge < -0.3 is 29.1 Å². The van der Waals surface area contributed by atoms with Gasteiger partial charge in [-0.25, -0.2) is 0 Å². The van der Waals surface area contributed by atoms with Crippen molar-refractivity contribution in [2.75, 3.05) is 38.3 Å². The number of aliphatic hydroxyl groups is 1. The third kappa shape index (κ3) is 4.33. The molecule has 6 atom stereocenters. The Morgan fingerprint density at radius 2 is 2.06 bits per heavy atom. The zero-order valence-corrected chi connectivity index (χ0v) is 22.2. The van der Waals surface area contributed by atoms with E-state index >= 15 is 0 Å². The van der Waals surface area contributed by atoms with Crippen LogP contribution < -0.4 is 9.64 Å². The summed E-state index contributed by atoms with van der Waals surface area (Å²) in [6.07, 6.45) is 2.50. The number of rotatable bonds is 11. The van der Waals surface area contributed by atoms with E-state index in [1.54, 1.807) is 54.2 Å². The quantitative estimate of drug-likeness (QED) is 0.190. The minimum Gasteiger partial charge on any atom is -0.497 e. The maximum absolute atomic E-state index is 14.3. The molecule has 0 radical (unpaired) electrons. The van der Waals surface area contributed by atoms with Gasteiger partial charge in [0.15, 0.2) is 0 Å². The van der Waals surface area contributed by atoms with E-state index < -0.39 is 35.6 Å². The van der Waals surface area contributed by atoms with Crippen molar-refractivity contribution in [3.63, 3.8) is 0 Å². The molecule has 2 bridgehead atoms. The second-order valence-corrected chi connectivity index (χ2v) is 10.5. The zero-order valence-electron chi connectivity index (χ0n) is 20.6. The molecule has 4 rings (SSSR count). The first-order chi connectivity index (χ1) is 17.3. The van der Waals surface area contributed by atoms with Crippen molar-refractivity contribution in [3.8, 4) is 5.75 Å². The molecule has 1 N–H and O–H groups in total. The Morgan fingerprint density at radius 1 is 1.33 bits per heavy atom. The fourth-order valence-electron chi connectivity index (χ4n) is 5.91. The molecule has 3 aliphatic rings. The number of amides is 2. The molecular formula is C26H33BrN2O7. The van der Waals surface area contributed by atoms with Crippen molar-refractivity contribution in [3.05, 3.63) is 36.9 Å². The molecule has 196 valence electrons. The van der Waals surface area contributed by atoms with Crippen LogP contribution in [0.25, 0.3) is 0 Å². The Kier molecular flexibility index (Phi) is 8.06. The second kappa shape index (κ2) is 10.9. The number of alkyl halides is 1. The molecule has 1 aromatic carbocycles. The van der Waals surface area contributed by atoms with Crippen molar-refractivity contribution >= 4 is 39.4 Å². The second-order valence-electron chi connectivity index (χ2n) is 9.31. The van der Waals surface area contributed by atoms with Crippen LogP contribution >= 0.6 is 15.9 Å². The Morgan fingerprint density at radius 3 is 2.67 bits per heavy atom. The van der Waals surface area contributed by atoms with Gasteiger partial charge in [-0.1, -0.05) is 22.0 Å². The Labute approximate surface area is 219 Å². The SMILES string of the molecule is C=CCN(C(=O)C1N(CCCCO)C(=O)[C@@H]2[C@H](C(=O)OCC)[C@H]3OC12CC3Br)c1ccc(OC)cc1. The molecule has 1 spiro atoms. The van der Waals surface area contributed by atoms with E-state index in [9.17, 15) is 19.5 Å². The van der Waals surface area contributed by atoms with Gasteiger partial charge in [-0.15, -0.1) is 6.58 Å². The first-order valence-corrected chi connectivity index (χ1v) is 13.2. The largest absolute Gasteiger partial charge is 0.497 e. The minimum absolute atomic E-state index is 0.0167. The summed E-state index contributed by atoms with van der Waals surface area (Å²) >= 11 is 3.64. The molecule has 3 heterocycles. The summed E-state index contributed by atoms with van der Waals surface area (Å²) in [6.45, 7) is 6.21. The molecule has 0 saturated carbocycles. The molecule has 0 aliphatic carbocycles. The number of benzene rings is 1. The molecule has 3 unspecified atom stereocenters. The van der Waals surface area contributed by atoms with Gasteiger partial charge in [0.2, 0.25) is 5.91 Å². The van der Waals surface area contributed by atoms with E-state index in [0.29, 0.717) is 30.7 Å². The first kappa shape index (κ1) is 26.6. The van der Waals surface area contributed by atoms with Crippen LogP contribution in [0.5, 0.6) is 5.75 Å². The average molecular weight is 565 g/mol. The average Bonchev–Trinajstić information content (AvgIpc) is 3.46. The first-order valence-electron chi connectivity index (χ1n) is 12.3. The lowest BCUT2D eigenvalue weighted by molar-refractivity contribution is -0.154. The molecule has 3 saturated heterocycles. The number of methoxy groups -OCH3 is 1. The summed E-state index contributed by atoms with van der Waals surface area (Å²) in [6, 6.07) is 6.16. The molecule has 1 aromatic rings. The number of aliphatic hydroxyl groups excluding tert-OH is 1. The number of hydrogen-bond donors (Lipinski definition) is 1. The highest BCUT2D eigenvalue weighted by atomic mass is 79.9. The number of likely N-dealkylation sites (tertiary alicyclic amines) is 1. The summed E-state index contributed by atoms with van der Waals surface area (Å²) < 4.78 is 17.0. The molecule has 3 aliphatic heterocycles. The highest BCUT2D eigenvalue weighted by Gasteiger charge is 2.77. The van der Waals surface area contributed by atoms with E-state index in [1.807, 2.05) is 0 Å². The molecule has 2 amide bonds. The van der Waals surface area contributed by atoms with Gasteiger partial charge in [0, 0.05) is 30.2 Å². The normalized spacial score (nSPS) is 30.3. The summed E-state index contributed by atoms with van der Waals surface area (Å²) in [5, 5.41) is 9.31. The van der Waals surface area contributed by atoms with Crippen LogP contribution in [0.15, 0.2) is 36.9 Å². The van der Waals surface area contributed by atoms with Crippen LogP contribution in [0.2, 0.25) is 0 Å². The Balaban J connectivity index is 1.76. The number of unbranched alkanes of at least 4 members (excludes halogenated alkanes) is 1. The number of fused-ring (bicyclic) bond motifs is 1. The number of anilines is 1. The molecule has 36 heavy (non-hydrogen) atoms. The predicted octanol–water partition coefficient (Wildman–Crippen LogP) is 2.30. The number of nitrogens with zero attached hydrogens (tertiary/aromatic N) is 2. The van der Waals surface area contributed by atoms with E-state index in [2.05, 4.69) is 22.5 Å². The number of hydrogen-bond acceptors (Lipinski definition) is 7. The topological polar surface area (TPSA) is 106 Å². The molecule has 3 fully saturated rings. The summed E-state index contributed by atoms with van der Waals surface area (Å²) in [5.74, 6) is -2.00. The van der Waals surface area contributed by atoms with Crippen molar-refractivity contribution in [1.82, 2.24) is 4.90 Å². The molecule has 10 heteroatoms. The van der Waals surface area contributed by atoms with Gasteiger partial charge in [-0.3, -0.25) is 14.4 Å². The predicted molar refractivity (Wildman–Crippen MR) is 136 cm³/mol. The number of carbonyl (C=O) groups is 3. The number of ether oxygens (including phenoxy) is 3. The van der Waals surface area contributed by atoms with Gasteiger partial charge in [-0.05, 0) is 50.5 Å². The van der Waals surface area contributed by atoms with Crippen molar-refractivity contribution < 1.29 is 33.7 Å². The van der Waals surface area contributed by atoms with Gasteiger partial charge in [0.25, 0.3) is 5.91 Å². The molecular weight excluding hydrogens is 532 g/mol. The lowest BCUT2D eigenvalue weighted by Gasteiger charge is -2.37. The van der Waals surface area contributed by atoms with Crippen molar-refractivity contribution in [2.24, 2.45) is 11.8 Å². The van der Waals surface area contributed by atoms with Crippen molar-refractivity contribution in [1.29, 1.82) is 0 Å². The smallest absolute Gasteiger partial charge is 0.312 e. The lowest BCUT2D eigenvalue weighted by Crippen LogP contribution is -2.57. The summed E-state index contributed by atoms with van der Waals surface area (Å²) in [7, 11) is 1.57. The lowest BCUT2D eigenvalue weighted by atomic mass is 9.70. The number of carbonyl (C=O) groups excluding carboxylic acids is 3. The van der Waals surface area contributed by atoms with E-state index in [0.717, 1.165) is 0 Å². The van der Waals surface area contributed by atoms with Crippen LogP contribution in [0.1, 0.15) is 26.2 Å². The van der Waals surface area contributed by atoms with Crippen LogP contribution in [-0.4, -0.2) is 83.8 Å². The number of halogens is 1. The van der Waals surface area contributed by atoms with E-state index in [4.69, 9.17) is 14.2 Å². The monoisotopic (exact) mass is 564 g/mol. The maximum Gasteiger partial charge on any atom is 0.312 e. The standard InChI is InChI=1S/C26H33BrN2O7/c1-4-12-28(16-8-10-17(34-3)11-9-16)24(32)22-26-15-18(27)21(36-26)19(25(33)35-5-2)20(26)23(31)29(22)13-6-7-14-30/h4,8-11,18-22,30H,1,5-7,12-15H2,2-3H3/t18?,19-,20-,21-,22?,26?/m0/s1. The van der Waals surface area contributed by atoms with Gasteiger partial charge in [-0.2, -0.15) is 0 Å².